The lowest BCUT2D eigenvalue weighted by Crippen LogP contribution is -2.51. The van der Waals surface area contributed by atoms with Crippen LogP contribution in [0.4, 0.5) is 0 Å². The molecule has 0 aromatic rings. The van der Waals surface area contributed by atoms with Crippen molar-refractivity contribution in [2.75, 3.05) is 6.54 Å². The monoisotopic (exact) mass is 285 g/mol. The van der Waals surface area contributed by atoms with Crippen LogP contribution < -0.4 is 16.4 Å². The van der Waals surface area contributed by atoms with Crippen molar-refractivity contribution in [3.05, 3.63) is 0 Å². The molecule has 1 unspecified atom stereocenters. The van der Waals surface area contributed by atoms with E-state index in [-0.39, 0.29) is 23.3 Å². The molecule has 0 aromatic carbocycles. The quantitative estimate of drug-likeness (QED) is 0.661. The van der Waals surface area contributed by atoms with Crippen molar-refractivity contribution < 1.29 is 9.59 Å². The lowest BCUT2D eigenvalue weighted by atomic mass is 9.94. The molecule has 118 valence electrons. The second-order valence-corrected chi connectivity index (χ2v) is 6.96. The zero-order valence-corrected chi connectivity index (χ0v) is 13.7. The normalized spacial score (nSPS) is 14.8. The van der Waals surface area contributed by atoms with Gasteiger partial charge in [0.25, 0.3) is 0 Å². The first-order chi connectivity index (χ1) is 9.05. The van der Waals surface area contributed by atoms with Gasteiger partial charge >= 0.3 is 0 Å². The molecule has 20 heavy (non-hydrogen) atoms. The maximum Gasteiger partial charge on any atom is 0.242 e. The van der Waals surface area contributed by atoms with E-state index in [1.165, 1.54) is 0 Å². The number of carbonyl (C=O) groups is 2. The Kier molecular flexibility index (Phi) is 7.79. The van der Waals surface area contributed by atoms with Crippen molar-refractivity contribution in [2.24, 2.45) is 17.6 Å². The molecule has 0 saturated heterocycles. The van der Waals surface area contributed by atoms with Gasteiger partial charge in [-0.3, -0.25) is 9.59 Å². The molecule has 0 aliphatic carbocycles. The average molecular weight is 285 g/mol. The van der Waals surface area contributed by atoms with Gasteiger partial charge < -0.3 is 16.4 Å². The molecule has 0 rings (SSSR count). The molecule has 0 aliphatic heterocycles. The number of amides is 2. The first-order valence-corrected chi connectivity index (χ1v) is 7.36. The Hall–Kier alpha value is -1.10. The molecular formula is C15H31N3O2. The van der Waals surface area contributed by atoms with Crippen molar-refractivity contribution in [3.63, 3.8) is 0 Å². The van der Waals surface area contributed by atoms with Crippen molar-refractivity contribution in [2.45, 2.75) is 66.0 Å². The Morgan fingerprint density at radius 1 is 1.15 bits per heavy atom. The Balaban J connectivity index is 4.28. The number of nitrogens with one attached hydrogen (secondary N) is 2. The number of nitrogens with two attached hydrogens (primary N) is 1. The molecule has 5 nitrogen and oxygen atoms in total. The summed E-state index contributed by atoms with van der Waals surface area (Å²) in [6, 6.07) is -0.529. The third-order valence-corrected chi connectivity index (χ3v) is 2.88. The summed E-state index contributed by atoms with van der Waals surface area (Å²) in [6.45, 7) is 12.1. The molecule has 2 atom stereocenters. The smallest absolute Gasteiger partial charge is 0.242 e. The third-order valence-electron chi connectivity index (χ3n) is 2.88. The Bertz CT molecular complexity index is 322. The minimum absolute atomic E-state index is 0.113. The van der Waals surface area contributed by atoms with Crippen LogP contribution in [0, 0.1) is 11.8 Å². The van der Waals surface area contributed by atoms with E-state index in [4.69, 9.17) is 5.73 Å². The lowest BCUT2D eigenvalue weighted by Gasteiger charge is -2.24. The standard InChI is InChI=1S/C15H31N3O2/c1-10(2)7-12(9-16)8-13(19)17-11(3)14(20)18-15(4,5)6/h10-12H,7-9,16H2,1-6H3,(H,17,19)(H,18,20)/t11?,12-/m0/s1. The summed E-state index contributed by atoms with van der Waals surface area (Å²) in [5, 5.41) is 5.58. The molecule has 0 saturated carbocycles. The number of rotatable bonds is 7. The molecule has 2 amide bonds. The van der Waals surface area contributed by atoms with Crippen molar-refractivity contribution in [1.29, 1.82) is 0 Å². The van der Waals surface area contributed by atoms with Crippen molar-refractivity contribution >= 4 is 11.8 Å². The number of hydrogen-bond donors (Lipinski definition) is 3. The third kappa shape index (κ3) is 8.91. The largest absolute Gasteiger partial charge is 0.350 e. The fourth-order valence-corrected chi connectivity index (χ4v) is 2.04. The molecule has 0 aliphatic rings. The van der Waals surface area contributed by atoms with Gasteiger partial charge in [0.15, 0.2) is 0 Å². The minimum atomic E-state index is -0.529. The van der Waals surface area contributed by atoms with Crippen LogP contribution in [-0.4, -0.2) is 29.9 Å². The van der Waals surface area contributed by atoms with Crippen LogP contribution in [0.5, 0.6) is 0 Å². The van der Waals surface area contributed by atoms with Gasteiger partial charge in [-0.05, 0) is 52.5 Å². The first-order valence-electron chi connectivity index (χ1n) is 7.36. The van der Waals surface area contributed by atoms with Crippen LogP contribution >= 0.6 is 0 Å². The molecule has 4 N–H and O–H groups in total. The Labute approximate surface area is 123 Å². The predicted octanol–water partition coefficient (Wildman–Crippen LogP) is 1.42. The summed E-state index contributed by atoms with van der Waals surface area (Å²) in [5.74, 6) is 0.405. The summed E-state index contributed by atoms with van der Waals surface area (Å²) < 4.78 is 0. The summed E-state index contributed by atoms with van der Waals surface area (Å²) >= 11 is 0. The van der Waals surface area contributed by atoms with Crippen LogP contribution in [-0.2, 0) is 9.59 Å². The maximum absolute atomic E-state index is 11.9. The molecule has 0 aromatic heterocycles. The molecule has 0 spiro atoms. The molecule has 0 fully saturated rings. The van der Waals surface area contributed by atoms with E-state index in [1.807, 2.05) is 20.8 Å². The summed E-state index contributed by atoms with van der Waals surface area (Å²) in [7, 11) is 0. The van der Waals surface area contributed by atoms with E-state index in [2.05, 4.69) is 24.5 Å². The van der Waals surface area contributed by atoms with Crippen LogP contribution in [0.2, 0.25) is 0 Å². The van der Waals surface area contributed by atoms with Gasteiger partial charge in [0.1, 0.15) is 6.04 Å². The highest BCUT2D eigenvalue weighted by atomic mass is 16.2. The van der Waals surface area contributed by atoms with Gasteiger partial charge in [0, 0.05) is 12.0 Å². The molecule has 0 bridgehead atoms. The highest BCUT2D eigenvalue weighted by Crippen LogP contribution is 2.14. The van der Waals surface area contributed by atoms with Gasteiger partial charge in [-0.25, -0.2) is 0 Å². The molecule has 0 radical (unpaired) electrons. The van der Waals surface area contributed by atoms with Crippen LogP contribution in [0.15, 0.2) is 0 Å². The summed E-state index contributed by atoms with van der Waals surface area (Å²) in [5.41, 5.74) is 5.39. The van der Waals surface area contributed by atoms with Gasteiger partial charge in [0.05, 0.1) is 0 Å². The molecule has 0 heterocycles. The van der Waals surface area contributed by atoms with Gasteiger partial charge in [-0.2, -0.15) is 0 Å². The van der Waals surface area contributed by atoms with E-state index in [1.54, 1.807) is 6.92 Å². The fraction of sp³-hybridized carbons (Fsp3) is 0.867. The molecular weight excluding hydrogens is 254 g/mol. The average Bonchev–Trinajstić information content (AvgIpc) is 2.24. The van der Waals surface area contributed by atoms with Gasteiger partial charge in [-0.15, -0.1) is 0 Å². The Morgan fingerprint density at radius 3 is 2.10 bits per heavy atom. The predicted molar refractivity (Wildman–Crippen MR) is 82.1 cm³/mol. The zero-order chi connectivity index (χ0) is 15.9. The SMILES string of the molecule is CC(C)C[C@H](CN)CC(=O)NC(C)C(=O)NC(C)(C)C. The summed E-state index contributed by atoms with van der Waals surface area (Å²) in [6.07, 6.45) is 1.30. The first kappa shape index (κ1) is 18.9. The lowest BCUT2D eigenvalue weighted by molar-refractivity contribution is -0.129. The van der Waals surface area contributed by atoms with E-state index in [0.29, 0.717) is 18.9 Å². The van der Waals surface area contributed by atoms with Gasteiger partial charge in [0.2, 0.25) is 11.8 Å². The maximum atomic E-state index is 11.9. The zero-order valence-electron chi connectivity index (χ0n) is 13.7. The number of hydrogen-bond acceptors (Lipinski definition) is 3. The second-order valence-electron chi connectivity index (χ2n) is 6.96. The van der Waals surface area contributed by atoms with E-state index in [0.717, 1.165) is 6.42 Å². The van der Waals surface area contributed by atoms with E-state index < -0.39 is 6.04 Å². The molecule has 5 heteroatoms. The number of carbonyl (C=O) groups excluding carboxylic acids is 2. The summed E-state index contributed by atoms with van der Waals surface area (Å²) in [4.78, 5) is 23.8. The topological polar surface area (TPSA) is 84.2 Å². The second kappa shape index (κ2) is 8.25. The van der Waals surface area contributed by atoms with Crippen molar-refractivity contribution in [3.8, 4) is 0 Å². The van der Waals surface area contributed by atoms with Crippen molar-refractivity contribution in [1.82, 2.24) is 10.6 Å². The van der Waals surface area contributed by atoms with Crippen LogP contribution in [0.1, 0.15) is 54.4 Å². The Morgan fingerprint density at radius 2 is 1.70 bits per heavy atom. The fourth-order valence-electron chi connectivity index (χ4n) is 2.04. The van der Waals surface area contributed by atoms with Gasteiger partial charge in [-0.1, -0.05) is 13.8 Å². The van der Waals surface area contributed by atoms with Crippen LogP contribution in [0.25, 0.3) is 0 Å². The van der Waals surface area contributed by atoms with E-state index in [9.17, 15) is 9.59 Å². The van der Waals surface area contributed by atoms with E-state index >= 15 is 0 Å². The van der Waals surface area contributed by atoms with Crippen LogP contribution in [0.3, 0.4) is 0 Å². The highest BCUT2D eigenvalue weighted by molar-refractivity contribution is 5.87. The highest BCUT2D eigenvalue weighted by Gasteiger charge is 2.22. The minimum Gasteiger partial charge on any atom is -0.350 e.